The summed E-state index contributed by atoms with van der Waals surface area (Å²) in [6.45, 7) is 4.43. The predicted octanol–water partition coefficient (Wildman–Crippen LogP) is 4.80. The molecule has 10 nitrogen and oxygen atoms in total. The van der Waals surface area contributed by atoms with Gasteiger partial charge in [0.25, 0.3) is 5.91 Å². The summed E-state index contributed by atoms with van der Waals surface area (Å²) in [6, 6.07) is 19.2. The zero-order chi connectivity index (χ0) is 30.7. The minimum absolute atomic E-state index is 0.0307. The number of carbonyl (C=O) groups is 1. The molecule has 6 rings (SSSR count). The van der Waals surface area contributed by atoms with Crippen LogP contribution in [0.4, 0.5) is 17.3 Å². The number of hydrogen-bond donors (Lipinski definition) is 2. The van der Waals surface area contributed by atoms with Crippen LogP contribution < -0.4 is 10.2 Å². The summed E-state index contributed by atoms with van der Waals surface area (Å²) in [4.78, 5) is 24.9. The molecule has 0 spiro atoms. The van der Waals surface area contributed by atoms with Crippen LogP contribution in [0.15, 0.2) is 66.9 Å². The first-order chi connectivity index (χ1) is 21.3. The number of ether oxygens (including phenoxy) is 1. The molecular weight excluding hydrogens is 578 g/mol. The molecule has 2 N–H and O–H groups in total. The summed E-state index contributed by atoms with van der Waals surface area (Å²) >= 11 is 6.05. The molecule has 0 saturated carbocycles. The summed E-state index contributed by atoms with van der Waals surface area (Å²) < 4.78 is 7.08. The summed E-state index contributed by atoms with van der Waals surface area (Å²) in [5.74, 6) is 0.502. The third kappa shape index (κ3) is 6.53. The summed E-state index contributed by atoms with van der Waals surface area (Å²) in [5, 5.41) is 19.9. The summed E-state index contributed by atoms with van der Waals surface area (Å²) in [7, 11) is 3.79. The molecule has 0 atom stereocenters. The van der Waals surface area contributed by atoms with E-state index in [1.807, 2.05) is 71.8 Å². The number of benzene rings is 2. The van der Waals surface area contributed by atoms with Crippen molar-refractivity contribution >= 4 is 40.5 Å². The van der Waals surface area contributed by atoms with Gasteiger partial charge in [0, 0.05) is 55.3 Å². The van der Waals surface area contributed by atoms with Gasteiger partial charge in [0.2, 0.25) is 5.95 Å². The molecule has 232 valence electrons. The molecule has 11 heteroatoms. The number of fused-ring (bicyclic) bond motifs is 1. The lowest BCUT2D eigenvalue weighted by atomic mass is 9.84. The van der Waals surface area contributed by atoms with Gasteiger partial charge < -0.3 is 29.9 Å². The lowest BCUT2D eigenvalue weighted by Gasteiger charge is -2.39. The molecule has 2 aliphatic rings. The number of aromatic nitrogens is 3. The largest absolute Gasteiger partial charge is 0.385 e. The molecule has 2 saturated heterocycles. The van der Waals surface area contributed by atoms with E-state index in [-0.39, 0.29) is 11.9 Å². The number of amides is 1. The second-order valence-corrected chi connectivity index (χ2v) is 12.3. The highest BCUT2D eigenvalue weighted by Crippen LogP contribution is 2.36. The van der Waals surface area contributed by atoms with Crippen LogP contribution in [0.5, 0.6) is 0 Å². The average molecular weight is 618 g/mol. The Labute approximate surface area is 263 Å². The number of likely N-dealkylation sites (tertiary alicyclic amines) is 1. The molecule has 2 aromatic carbocycles. The van der Waals surface area contributed by atoms with Crippen LogP contribution >= 0.6 is 11.6 Å². The zero-order valence-corrected chi connectivity index (χ0v) is 26.1. The maximum atomic E-state index is 13.5. The van der Waals surface area contributed by atoms with Crippen LogP contribution in [0.25, 0.3) is 5.65 Å². The lowest BCUT2D eigenvalue weighted by molar-refractivity contribution is 0.0118. The number of carbonyl (C=O) groups excluding carboxylic acids is 1. The summed E-state index contributed by atoms with van der Waals surface area (Å²) in [5.41, 5.74) is 3.18. The first-order valence-corrected chi connectivity index (χ1v) is 15.6. The van der Waals surface area contributed by atoms with E-state index in [0.29, 0.717) is 55.6 Å². The number of methoxy groups -OCH3 is 1. The van der Waals surface area contributed by atoms with Crippen molar-refractivity contribution in [1.29, 1.82) is 0 Å². The van der Waals surface area contributed by atoms with Gasteiger partial charge in [-0.05, 0) is 99.9 Å². The average Bonchev–Trinajstić information content (AvgIpc) is 3.46. The fourth-order valence-electron chi connectivity index (χ4n) is 6.30. The highest BCUT2D eigenvalue weighted by atomic mass is 35.5. The molecule has 4 aromatic rings. The van der Waals surface area contributed by atoms with Gasteiger partial charge >= 0.3 is 0 Å². The number of pyridine rings is 1. The van der Waals surface area contributed by atoms with Crippen LogP contribution in [-0.4, -0.2) is 94.9 Å². The van der Waals surface area contributed by atoms with Crippen molar-refractivity contribution in [3.63, 3.8) is 0 Å². The Balaban J connectivity index is 1.13. The van der Waals surface area contributed by atoms with Crippen LogP contribution in [-0.2, 0) is 10.3 Å². The van der Waals surface area contributed by atoms with Gasteiger partial charge in [0.05, 0.1) is 17.9 Å². The van der Waals surface area contributed by atoms with Crippen molar-refractivity contribution in [2.75, 3.05) is 63.7 Å². The van der Waals surface area contributed by atoms with Gasteiger partial charge in [-0.2, -0.15) is 4.98 Å². The van der Waals surface area contributed by atoms with Gasteiger partial charge in [-0.3, -0.25) is 4.79 Å². The van der Waals surface area contributed by atoms with E-state index < -0.39 is 5.60 Å². The lowest BCUT2D eigenvalue weighted by Crippen LogP contribution is -2.47. The Morgan fingerprint density at radius 2 is 1.77 bits per heavy atom. The van der Waals surface area contributed by atoms with Crippen molar-refractivity contribution in [1.82, 2.24) is 24.4 Å². The normalized spacial score (nSPS) is 17.6. The SMILES string of the molecule is COCCN(C(=O)c1ccc(Nc2nc3c(N4CCC(O)(c5ccc(Cl)cc5)CC4)cccn3n2)cc1)C1CCN(C)CC1. The third-order valence-corrected chi connectivity index (χ3v) is 9.22. The van der Waals surface area contributed by atoms with Crippen molar-refractivity contribution in [2.24, 2.45) is 0 Å². The van der Waals surface area contributed by atoms with E-state index in [2.05, 4.69) is 27.3 Å². The number of rotatable bonds is 9. The molecule has 2 aliphatic heterocycles. The first kappa shape index (κ1) is 30.3. The number of piperidine rings is 2. The van der Waals surface area contributed by atoms with Crippen LogP contribution in [0.2, 0.25) is 5.02 Å². The fourth-order valence-corrected chi connectivity index (χ4v) is 6.42. The quantitative estimate of drug-likeness (QED) is 0.277. The number of halogens is 1. The molecule has 44 heavy (non-hydrogen) atoms. The number of anilines is 3. The Morgan fingerprint density at radius 3 is 2.45 bits per heavy atom. The van der Waals surface area contributed by atoms with Gasteiger partial charge in [0.15, 0.2) is 5.65 Å². The van der Waals surface area contributed by atoms with E-state index in [9.17, 15) is 9.90 Å². The van der Waals surface area contributed by atoms with Crippen LogP contribution in [0.3, 0.4) is 0 Å². The second kappa shape index (κ2) is 13.1. The third-order valence-electron chi connectivity index (χ3n) is 8.97. The van der Waals surface area contributed by atoms with Gasteiger partial charge in [-0.25, -0.2) is 4.52 Å². The van der Waals surface area contributed by atoms with E-state index >= 15 is 0 Å². The molecular formula is C33H40ClN7O3. The Kier molecular flexibility index (Phi) is 9.04. The van der Waals surface area contributed by atoms with E-state index in [4.69, 9.17) is 21.3 Å². The molecule has 0 bridgehead atoms. The second-order valence-electron chi connectivity index (χ2n) is 11.9. The fraction of sp³-hybridized carbons (Fsp3) is 0.424. The molecule has 0 radical (unpaired) electrons. The smallest absolute Gasteiger partial charge is 0.254 e. The maximum Gasteiger partial charge on any atom is 0.254 e. The zero-order valence-electron chi connectivity index (χ0n) is 25.3. The number of nitrogens with zero attached hydrogens (tertiary/aromatic N) is 6. The predicted molar refractivity (Wildman–Crippen MR) is 173 cm³/mol. The van der Waals surface area contributed by atoms with Gasteiger partial charge in [0.1, 0.15) is 0 Å². The molecule has 0 unspecified atom stereocenters. The van der Waals surface area contributed by atoms with E-state index in [1.54, 1.807) is 11.6 Å². The van der Waals surface area contributed by atoms with Crippen molar-refractivity contribution in [2.45, 2.75) is 37.3 Å². The van der Waals surface area contributed by atoms with Crippen molar-refractivity contribution < 1.29 is 14.6 Å². The van der Waals surface area contributed by atoms with E-state index in [0.717, 1.165) is 48.5 Å². The van der Waals surface area contributed by atoms with E-state index in [1.165, 1.54) is 0 Å². The topological polar surface area (TPSA) is 98.5 Å². The van der Waals surface area contributed by atoms with Crippen LogP contribution in [0.1, 0.15) is 41.6 Å². The molecule has 4 heterocycles. The molecule has 0 aliphatic carbocycles. The number of aliphatic hydroxyl groups is 1. The Hall–Kier alpha value is -3.70. The minimum Gasteiger partial charge on any atom is -0.385 e. The first-order valence-electron chi connectivity index (χ1n) is 15.3. The van der Waals surface area contributed by atoms with Crippen LogP contribution in [0, 0.1) is 0 Å². The number of nitrogens with one attached hydrogen (secondary N) is 1. The van der Waals surface area contributed by atoms with Crippen molar-refractivity contribution in [3.8, 4) is 0 Å². The molecule has 1 amide bonds. The summed E-state index contributed by atoms with van der Waals surface area (Å²) in [6.07, 6.45) is 5.01. The highest BCUT2D eigenvalue weighted by Gasteiger charge is 2.35. The standard InChI is InChI=1S/C33H40ClN7O3/c1-38-18-13-28(14-19-38)40(22-23-44-2)31(42)24-5-11-27(12-6-24)35-32-36-30-29(4-3-17-41(30)37-32)39-20-15-33(43,16-21-39)25-7-9-26(34)10-8-25/h3-12,17,28,43H,13-16,18-23H2,1-2H3,(H,35,37). The molecule has 2 fully saturated rings. The minimum atomic E-state index is -0.881. The van der Waals surface area contributed by atoms with Gasteiger partial charge in [-0.15, -0.1) is 5.10 Å². The monoisotopic (exact) mass is 617 g/mol. The van der Waals surface area contributed by atoms with Crippen molar-refractivity contribution in [3.05, 3.63) is 83.0 Å². The number of hydrogen-bond acceptors (Lipinski definition) is 8. The van der Waals surface area contributed by atoms with Gasteiger partial charge in [-0.1, -0.05) is 23.7 Å². The maximum absolute atomic E-state index is 13.5. The highest BCUT2D eigenvalue weighted by molar-refractivity contribution is 6.30. The Morgan fingerprint density at radius 1 is 1.07 bits per heavy atom. The molecule has 2 aromatic heterocycles. The Bertz CT molecular complexity index is 1560.